The van der Waals surface area contributed by atoms with Crippen molar-refractivity contribution < 1.29 is 4.79 Å². The molecule has 2 heterocycles. The van der Waals surface area contributed by atoms with Gasteiger partial charge in [0.2, 0.25) is 10.9 Å². The van der Waals surface area contributed by atoms with E-state index in [4.69, 9.17) is 0 Å². The first kappa shape index (κ1) is 20.5. The van der Waals surface area contributed by atoms with Crippen LogP contribution < -0.4 is 10.9 Å². The fourth-order valence-electron chi connectivity index (χ4n) is 2.89. The number of rotatable bonds is 7. The van der Waals surface area contributed by atoms with Crippen molar-refractivity contribution in [3.63, 3.8) is 0 Å². The van der Waals surface area contributed by atoms with Crippen molar-refractivity contribution in [1.29, 1.82) is 0 Å². The molecule has 0 atom stereocenters. The van der Waals surface area contributed by atoms with E-state index in [1.807, 2.05) is 26.0 Å². The molecule has 6 nitrogen and oxygen atoms in total. The summed E-state index contributed by atoms with van der Waals surface area (Å²) in [5, 5.41) is 8.18. The topological polar surface area (TPSA) is 76.4 Å². The summed E-state index contributed by atoms with van der Waals surface area (Å²) in [6.45, 7) is 8.24. The van der Waals surface area contributed by atoms with Crippen molar-refractivity contribution in [3.8, 4) is 0 Å². The van der Waals surface area contributed by atoms with E-state index in [2.05, 4.69) is 35.3 Å². The first-order chi connectivity index (χ1) is 13.3. The maximum absolute atomic E-state index is 12.3. The van der Waals surface area contributed by atoms with Crippen LogP contribution in [-0.2, 0) is 17.0 Å². The van der Waals surface area contributed by atoms with E-state index in [0.717, 1.165) is 28.2 Å². The molecule has 148 valence electrons. The van der Waals surface area contributed by atoms with Crippen LogP contribution in [0.2, 0.25) is 0 Å². The van der Waals surface area contributed by atoms with Gasteiger partial charge in [-0.1, -0.05) is 31.3 Å². The average molecular weight is 417 g/mol. The molecule has 3 rings (SSSR count). The van der Waals surface area contributed by atoms with Crippen LogP contribution in [0.25, 0.3) is 4.96 Å². The molecule has 0 radical (unpaired) electrons. The molecule has 0 bridgehead atoms. The number of carbonyl (C=O) groups excluding carboxylic acids is 1. The fraction of sp³-hybridized carbons (Fsp3) is 0.400. The van der Waals surface area contributed by atoms with Crippen molar-refractivity contribution >= 4 is 39.7 Å². The molecule has 0 fully saturated rings. The second-order valence-electron chi connectivity index (χ2n) is 7.29. The van der Waals surface area contributed by atoms with Crippen molar-refractivity contribution in [1.82, 2.24) is 14.6 Å². The summed E-state index contributed by atoms with van der Waals surface area (Å²) in [6, 6.07) is 7.46. The molecule has 0 saturated heterocycles. The minimum Gasteiger partial charge on any atom is -0.325 e. The number of aryl methyl sites for hydroxylation is 2. The Bertz CT molecular complexity index is 1040. The lowest BCUT2D eigenvalue weighted by Crippen LogP contribution is -2.16. The van der Waals surface area contributed by atoms with Gasteiger partial charge < -0.3 is 5.32 Å². The number of thioether (sulfide) groups is 1. The van der Waals surface area contributed by atoms with Gasteiger partial charge in [0.05, 0.1) is 11.4 Å². The largest absolute Gasteiger partial charge is 0.325 e. The smallest absolute Gasteiger partial charge is 0.275 e. The van der Waals surface area contributed by atoms with Gasteiger partial charge in [-0.05, 0) is 43.0 Å². The fourth-order valence-corrected chi connectivity index (χ4v) is 4.74. The predicted molar refractivity (Wildman–Crippen MR) is 116 cm³/mol. The van der Waals surface area contributed by atoms with Crippen LogP contribution in [-0.4, -0.2) is 26.3 Å². The van der Waals surface area contributed by atoms with E-state index < -0.39 is 0 Å². The van der Waals surface area contributed by atoms with E-state index in [0.29, 0.717) is 28.1 Å². The number of anilines is 1. The number of hydrogen-bond donors (Lipinski definition) is 1. The first-order valence-corrected chi connectivity index (χ1v) is 11.1. The second-order valence-corrected chi connectivity index (χ2v) is 9.32. The Morgan fingerprint density at radius 2 is 1.93 bits per heavy atom. The highest BCUT2D eigenvalue weighted by atomic mass is 32.2. The Morgan fingerprint density at radius 3 is 2.61 bits per heavy atom. The van der Waals surface area contributed by atoms with E-state index >= 15 is 0 Å². The number of hydrogen-bond acceptors (Lipinski definition) is 6. The maximum Gasteiger partial charge on any atom is 0.275 e. The second kappa shape index (κ2) is 8.87. The van der Waals surface area contributed by atoms with Crippen molar-refractivity contribution in [2.45, 2.75) is 39.9 Å². The Labute approximate surface area is 172 Å². The minimum absolute atomic E-state index is 0.0650. The van der Waals surface area contributed by atoms with E-state index in [1.54, 1.807) is 0 Å². The van der Waals surface area contributed by atoms with Gasteiger partial charge >= 0.3 is 0 Å². The summed E-state index contributed by atoms with van der Waals surface area (Å²) >= 11 is 2.89. The summed E-state index contributed by atoms with van der Waals surface area (Å²) in [4.78, 5) is 29.6. The molecular weight excluding hydrogens is 392 g/mol. The Morgan fingerprint density at radius 1 is 1.21 bits per heavy atom. The zero-order valence-corrected chi connectivity index (χ0v) is 18.1. The third-order valence-corrected chi connectivity index (χ3v) is 5.81. The molecule has 0 unspecified atom stereocenters. The van der Waals surface area contributed by atoms with Crippen LogP contribution in [0.1, 0.15) is 35.7 Å². The summed E-state index contributed by atoms with van der Waals surface area (Å²) in [7, 11) is 0. The Hall–Kier alpha value is -2.19. The minimum atomic E-state index is -0.174. The van der Waals surface area contributed by atoms with Gasteiger partial charge in [0.15, 0.2) is 0 Å². The van der Waals surface area contributed by atoms with Crippen LogP contribution in [0, 0.1) is 19.8 Å². The summed E-state index contributed by atoms with van der Waals surface area (Å²) < 4.78 is 1.36. The predicted octanol–water partition coefficient (Wildman–Crippen LogP) is 3.84. The Kier molecular flexibility index (Phi) is 6.51. The van der Waals surface area contributed by atoms with Gasteiger partial charge in [0, 0.05) is 23.9 Å². The van der Waals surface area contributed by atoms with Gasteiger partial charge in [0.1, 0.15) is 5.01 Å². The van der Waals surface area contributed by atoms with Gasteiger partial charge in [-0.2, -0.15) is 9.61 Å². The third kappa shape index (κ3) is 5.42. The molecule has 1 N–H and O–H groups in total. The number of carbonyl (C=O) groups is 1. The monoisotopic (exact) mass is 416 g/mol. The molecule has 0 aliphatic carbocycles. The quantitative estimate of drug-likeness (QED) is 0.633. The van der Waals surface area contributed by atoms with Gasteiger partial charge in [-0.15, -0.1) is 11.8 Å². The molecule has 2 aromatic heterocycles. The van der Waals surface area contributed by atoms with Gasteiger partial charge in [-0.3, -0.25) is 9.59 Å². The third-order valence-electron chi connectivity index (χ3n) is 3.91. The van der Waals surface area contributed by atoms with E-state index in [-0.39, 0.29) is 11.5 Å². The molecule has 0 aliphatic heterocycles. The van der Waals surface area contributed by atoms with Crippen LogP contribution in [0.4, 0.5) is 5.69 Å². The zero-order chi connectivity index (χ0) is 20.3. The summed E-state index contributed by atoms with van der Waals surface area (Å²) in [5.74, 6) is 1.21. The maximum atomic E-state index is 12.3. The van der Waals surface area contributed by atoms with Crippen LogP contribution in [0.3, 0.4) is 0 Å². The molecule has 8 heteroatoms. The molecule has 28 heavy (non-hydrogen) atoms. The molecule has 1 aromatic carbocycles. The van der Waals surface area contributed by atoms with Crippen molar-refractivity contribution in [2.24, 2.45) is 5.92 Å². The van der Waals surface area contributed by atoms with E-state index in [9.17, 15) is 9.59 Å². The van der Waals surface area contributed by atoms with Crippen LogP contribution in [0.5, 0.6) is 0 Å². The number of nitrogens with zero attached hydrogens (tertiary/aromatic N) is 3. The number of benzene rings is 1. The highest BCUT2D eigenvalue weighted by molar-refractivity contribution is 7.99. The molecule has 0 aliphatic rings. The highest BCUT2D eigenvalue weighted by Gasteiger charge is 2.11. The summed E-state index contributed by atoms with van der Waals surface area (Å²) in [5.41, 5.74) is 3.54. The SMILES string of the molecule is Cc1cc(C)cc(NC(=O)CSCc2cc(=O)n3nc(CC(C)C)sc3n2)c1. The van der Waals surface area contributed by atoms with Gasteiger partial charge in [0.25, 0.3) is 5.56 Å². The Balaban J connectivity index is 1.60. The number of aromatic nitrogens is 3. The summed E-state index contributed by atoms with van der Waals surface area (Å²) in [6.07, 6.45) is 0.830. The lowest BCUT2D eigenvalue weighted by atomic mass is 10.1. The first-order valence-electron chi connectivity index (χ1n) is 9.14. The standard InChI is InChI=1S/C20H24N4O2S2/c1-12(2)5-18-23-24-19(26)9-16(22-20(24)28-18)10-27-11-17(25)21-15-7-13(3)6-14(4)8-15/h6-9,12H,5,10-11H2,1-4H3,(H,21,25). The highest BCUT2D eigenvalue weighted by Crippen LogP contribution is 2.18. The van der Waals surface area contributed by atoms with E-state index in [1.165, 1.54) is 33.7 Å². The molecular formula is C20H24N4O2S2. The molecule has 1 amide bonds. The van der Waals surface area contributed by atoms with Crippen LogP contribution >= 0.6 is 23.1 Å². The molecule has 0 saturated carbocycles. The number of amides is 1. The zero-order valence-electron chi connectivity index (χ0n) is 16.5. The van der Waals surface area contributed by atoms with Gasteiger partial charge in [-0.25, -0.2) is 4.98 Å². The lowest BCUT2D eigenvalue weighted by Gasteiger charge is -2.07. The number of fused-ring (bicyclic) bond motifs is 1. The lowest BCUT2D eigenvalue weighted by molar-refractivity contribution is -0.113. The molecule has 3 aromatic rings. The van der Waals surface area contributed by atoms with Crippen molar-refractivity contribution in [3.05, 3.63) is 56.4 Å². The average Bonchev–Trinajstić information content (AvgIpc) is 2.96. The van der Waals surface area contributed by atoms with Crippen LogP contribution in [0.15, 0.2) is 29.1 Å². The number of nitrogens with one attached hydrogen (secondary N) is 1. The molecule has 0 spiro atoms. The normalized spacial score (nSPS) is 11.3. The van der Waals surface area contributed by atoms with Crippen molar-refractivity contribution in [2.75, 3.05) is 11.1 Å².